The van der Waals surface area contributed by atoms with Gasteiger partial charge in [0.25, 0.3) is 5.56 Å². The lowest BCUT2D eigenvalue weighted by Gasteiger charge is -2.11. The highest BCUT2D eigenvalue weighted by atomic mass is 32.2. The van der Waals surface area contributed by atoms with E-state index in [0.717, 1.165) is 34.8 Å². The average molecular weight is 395 g/mol. The third-order valence-electron chi connectivity index (χ3n) is 4.76. The molecule has 0 aliphatic heterocycles. The molecular weight excluding hydrogens is 372 g/mol. The molecule has 144 valence electrons. The molecule has 6 nitrogen and oxygen atoms in total. The Balaban J connectivity index is 1.82. The second kappa shape index (κ2) is 8.06. The zero-order chi connectivity index (χ0) is 19.5. The van der Waals surface area contributed by atoms with Gasteiger partial charge < -0.3 is 4.74 Å². The van der Waals surface area contributed by atoms with E-state index in [1.165, 1.54) is 0 Å². The predicted octanol–water partition coefficient (Wildman–Crippen LogP) is 4.15. The quantitative estimate of drug-likeness (QED) is 0.441. The summed E-state index contributed by atoms with van der Waals surface area (Å²) < 4.78 is 9.19. The molecule has 2 aromatic carbocycles. The highest BCUT2D eigenvalue weighted by Gasteiger charge is 2.17. The molecule has 7 heteroatoms. The number of benzene rings is 2. The van der Waals surface area contributed by atoms with Crippen LogP contribution in [0.4, 0.5) is 0 Å². The highest BCUT2D eigenvalue weighted by molar-refractivity contribution is 7.98. The van der Waals surface area contributed by atoms with E-state index in [1.807, 2.05) is 52.9 Å². The highest BCUT2D eigenvalue weighted by Crippen LogP contribution is 2.28. The Morgan fingerprint density at radius 2 is 1.86 bits per heavy atom. The predicted molar refractivity (Wildman–Crippen MR) is 112 cm³/mol. The summed E-state index contributed by atoms with van der Waals surface area (Å²) in [5, 5.41) is 10.2. The van der Waals surface area contributed by atoms with Crippen molar-refractivity contribution in [2.75, 3.05) is 7.11 Å². The van der Waals surface area contributed by atoms with Gasteiger partial charge in [0.2, 0.25) is 5.78 Å². The third kappa shape index (κ3) is 3.26. The van der Waals surface area contributed by atoms with Gasteiger partial charge in [0.15, 0.2) is 5.16 Å². The standard InChI is InChI=1S/C21H22N4O2S/c1-3-4-13-24-19(26)16-10-6-7-11-17(16)25-20(24)22-23-21(25)28-14-15-9-5-8-12-18(15)27-2/h5-12H,3-4,13-14H2,1-2H3. The number of fused-ring (bicyclic) bond motifs is 3. The van der Waals surface area contributed by atoms with E-state index in [1.54, 1.807) is 23.4 Å². The number of hydrogen-bond acceptors (Lipinski definition) is 5. The normalized spacial score (nSPS) is 11.4. The molecule has 4 rings (SSSR count). The zero-order valence-electron chi connectivity index (χ0n) is 16.0. The summed E-state index contributed by atoms with van der Waals surface area (Å²) >= 11 is 1.59. The minimum Gasteiger partial charge on any atom is -0.496 e. The Morgan fingerprint density at radius 1 is 1.07 bits per heavy atom. The number of hydrogen-bond donors (Lipinski definition) is 0. The van der Waals surface area contributed by atoms with E-state index < -0.39 is 0 Å². The van der Waals surface area contributed by atoms with Crippen LogP contribution < -0.4 is 10.3 Å². The van der Waals surface area contributed by atoms with Gasteiger partial charge in [-0.05, 0) is 24.6 Å². The summed E-state index contributed by atoms with van der Waals surface area (Å²) in [6, 6.07) is 15.6. The lowest BCUT2D eigenvalue weighted by atomic mass is 10.2. The molecule has 0 aliphatic rings. The lowest BCUT2D eigenvalue weighted by molar-refractivity contribution is 0.411. The van der Waals surface area contributed by atoms with Crippen molar-refractivity contribution in [3.8, 4) is 5.75 Å². The van der Waals surface area contributed by atoms with E-state index in [2.05, 4.69) is 17.1 Å². The smallest absolute Gasteiger partial charge is 0.262 e. The fraction of sp³-hybridized carbons (Fsp3) is 0.286. The van der Waals surface area contributed by atoms with Gasteiger partial charge in [-0.3, -0.25) is 13.8 Å². The van der Waals surface area contributed by atoms with Crippen molar-refractivity contribution in [2.24, 2.45) is 0 Å². The van der Waals surface area contributed by atoms with E-state index in [0.29, 0.717) is 23.5 Å². The van der Waals surface area contributed by atoms with Crippen LogP contribution in [0.15, 0.2) is 58.5 Å². The van der Waals surface area contributed by atoms with E-state index in [-0.39, 0.29) is 5.56 Å². The summed E-state index contributed by atoms with van der Waals surface area (Å²) in [5.41, 5.74) is 1.92. The van der Waals surface area contributed by atoms with Crippen LogP contribution >= 0.6 is 11.8 Å². The van der Waals surface area contributed by atoms with Crippen molar-refractivity contribution in [3.63, 3.8) is 0 Å². The minimum absolute atomic E-state index is 0.00905. The number of aryl methyl sites for hydroxylation is 1. The van der Waals surface area contributed by atoms with Crippen LogP contribution in [0.5, 0.6) is 5.75 Å². The number of aromatic nitrogens is 4. The number of methoxy groups -OCH3 is 1. The van der Waals surface area contributed by atoms with Gasteiger partial charge in [0.05, 0.1) is 18.0 Å². The van der Waals surface area contributed by atoms with Crippen LogP contribution in [0.1, 0.15) is 25.3 Å². The molecule has 0 saturated heterocycles. The van der Waals surface area contributed by atoms with Crippen molar-refractivity contribution < 1.29 is 4.74 Å². The van der Waals surface area contributed by atoms with Gasteiger partial charge in [-0.2, -0.15) is 0 Å². The first-order valence-electron chi connectivity index (χ1n) is 9.36. The van der Waals surface area contributed by atoms with Crippen LogP contribution in [-0.2, 0) is 12.3 Å². The number of nitrogens with zero attached hydrogens (tertiary/aromatic N) is 4. The van der Waals surface area contributed by atoms with Gasteiger partial charge in [0, 0.05) is 17.9 Å². The summed E-state index contributed by atoms with van der Waals surface area (Å²) in [7, 11) is 1.68. The number of rotatable bonds is 7. The van der Waals surface area contributed by atoms with Crippen LogP contribution in [-0.4, -0.2) is 26.3 Å². The average Bonchev–Trinajstić information content (AvgIpc) is 3.16. The van der Waals surface area contributed by atoms with Gasteiger partial charge in [-0.15, -0.1) is 10.2 Å². The van der Waals surface area contributed by atoms with Crippen molar-refractivity contribution in [1.29, 1.82) is 0 Å². The summed E-state index contributed by atoms with van der Waals surface area (Å²) in [5.74, 6) is 2.15. The fourth-order valence-corrected chi connectivity index (χ4v) is 4.24. The Labute approximate surface area is 167 Å². The van der Waals surface area contributed by atoms with Crippen molar-refractivity contribution >= 4 is 28.4 Å². The maximum atomic E-state index is 13.0. The van der Waals surface area contributed by atoms with Gasteiger partial charge in [-0.1, -0.05) is 55.4 Å². The largest absolute Gasteiger partial charge is 0.496 e. The zero-order valence-corrected chi connectivity index (χ0v) is 16.8. The molecule has 2 aromatic heterocycles. The maximum Gasteiger partial charge on any atom is 0.262 e. The second-order valence-corrected chi connectivity index (χ2v) is 7.49. The Kier molecular flexibility index (Phi) is 5.34. The molecule has 0 N–H and O–H groups in total. The Morgan fingerprint density at radius 3 is 2.68 bits per heavy atom. The molecule has 4 aromatic rings. The summed E-state index contributed by atoms with van der Waals surface area (Å²) in [6.45, 7) is 2.75. The molecule has 0 radical (unpaired) electrons. The molecular formula is C21H22N4O2S. The molecule has 0 fully saturated rings. The van der Waals surface area contributed by atoms with E-state index in [9.17, 15) is 4.79 Å². The van der Waals surface area contributed by atoms with E-state index >= 15 is 0 Å². The SMILES string of the molecule is CCCCn1c(=O)c2ccccc2n2c(SCc3ccccc3OC)nnc12. The molecule has 2 heterocycles. The van der Waals surface area contributed by atoms with Crippen LogP contribution in [0.25, 0.3) is 16.7 Å². The molecule has 0 amide bonds. The van der Waals surface area contributed by atoms with Gasteiger partial charge in [-0.25, -0.2) is 0 Å². The first kappa shape index (κ1) is 18.6. The van der Waals surface area contributed by atoms with E-state index in [4.69, 9.17) is 4.74 Å². The van der Waals surface area contributed by atoms with Crippen molar-refractivity contribution in [2.45, 2.75) is 37.2 Å². The van der Waals surface area contributed by atoms with Crippen LogP contribution in [0.2, 0.25) is 0 Å². The Hall–Kier alpha value is -2.80. The maximum absolute atomic E-state index is 13.0. The summed E-state index contributed by atoms with van der Waals surface area (Å²) in [6.07, 6.45) is 1.93. The first-order valence-corrected chi connectivity index (χ1v) is 10.3. The Bertz CT molecular complexity index is 1180. The number of ether oxygens (including phenoxy) is 1. The number of thioether (sulfide) groups is 1. The van der Waals surface area contributed by atoms with Gasteiger partial charge >= 0.3 is 0 Å². The molecule has 0 bridgehead atoms. The first-order chi connectivity index (χ1) is 13.7. The minimum atomic E-state index is -0.00905. The molecule has 28 heavy (non-hydrogen) atoms. The molecule has 0 aliphatic carbocycles. The van der Waals surface area contributed by atoms with Gasteiger partial charge in [0.1, 0.15) is 5.75 Å². The molecule has 0 spiro atoms. The number of para-hydroxylation sites is 2. The third-order valence-corrected chi connectivity index (χ3v) is 5.74. The molecule has 0 unspecified atom stereocenters. The van der Waals surface area contributed by atoms with Crippen molar-refractivity contribution in [1.82, 2.24) is 19.2 Å². The monoisotopic (exact) mass is 394 g/mol. The van der Waals surface area contributed by atoms with Crippen LogP contribution in [0.3, 0.4) is 0 Å². The lowest BCUT2D eigenvalue weighted by Crippen LogP contribution is -2.23. The summed E-state index contributed by atoms with van der Waals surface area (Å²) in [4.78, 5) is 13.0. The van der Waals surface area contributed by atoms with Crippen LogP contribution in [0, 0.1) is 0 Å². The molecule has 0 atom stereocenters. The molecule has 0 saturated carbocycles. The topological polar surface area (TPSA) is 61.4 Å². The van der Waals surface area contributed by atoms with Crippen molar-refractivity contribution in [3.05, 3.63) is 64.4 Å². The fourth-order valence-electron chi connectivity index (χ4n) is 3.31. The number of unbranched alkanes of at least 4 members (excludes halogenated alkanes) is 1. The second-order valence-electron chi connectivity index (χ2n) is 6.55.